The van der Waals surface area contributed by atoms with E-state index < -0.39 is 5.60 Å². The summed E-state index contributed by atoms with van der Waals surface area (Å²) in [4.78, 5) is 0. The van der Waals surface area contributed by atoms with E-state index in [1.807, 2.05) is 19.9 Å². The molecule has 1 unspecified atom stereocenters. The van der Waals surface area contributed by atoms with E-state index in [2.05, 4.69) is 5.32 Å². The number of halogens is 1. The molecule has 1 fully saturated rings. The summed E-state index contributed by atoms with van der Waals surface area (Å²) >= 11 is 6.31. The second-order valence-electron chi connectivity index (χ2n) is 5.02. The van der Waals surface area contributed by atoms with Crippen LogP contribution < -0.4 is 10.1 Å². The Hall–Kier alpha value is -0.770. The van der Waals surface area contributed by atoms with Crippen molar-refractivity contribution < 1.29 is 9.84 Å². The molecule has 0 spiro atoms. The molecule has 4 heteroatoms. The van der Waals surface area contributed by atoms with Crippen molar-refractivity contribution in [3.63, 3.8) is 0 Å². The van der Waals surface area contributed by atoms with Crippen molar-refractivity contribution in [2.45, 2.75) is 32.3 Å². The zero-order chi connectivity index (χ0) is 13.3. The summed E-state index contributed by atoms with van der Waals surface area (Å²) in [6.07, 6.45) is 1.68. The lowest BCUT2D eigenvalue weighted by Crippen LogP contribution is -2.44. The maximum atomic E-state index is 10.8. The molecule has 0 amide bonds. The molecule has 1 aliphatic rings. The van der Waals surface area contributed by atoms with Gasteiger partial charge in [0.15, 0.2) is 0 Å². The fourth-order valence-corrected chi connectivity index (χ4v) is 2.91. The summed E-state index contributed by atoms with van der Waals surface area (Å²) in [6.45, 7) is 5.39. The van der Waals surface area contributed by atoms with Crippen molar-refractivity contribution in [2.75, 3.05) is 20.2 Å². The molecular weight excluding hydrogens is 250 g/mol. The summed E-state index contributed by atoms with van der Waals surface area (Å²) in [5.41, 5.74) is 1.83. The first-order valence-corrected chi connectivity index (χ1v) is 6.64. The quantitative estimate of drug-likeness (QED) is 0.867. The number of aryl methyl sites for hydroxylation is 1. The SMILES string of the molecule is COc1cc(C)c(Cl)c(C)c1C1(O)CCCNC1. The molecule has 3 nitrogen and oxygen atoms in total. The van der Waals surface area contributed by atoms with Crippen molar-refractivity contribution >= 4 is 11.6 Å². The third-order valence-corrected chi connectivity index (χ3v) is 4.27. The Morgan fingerprint density at radius 2 is 2.17 bits per heavy atom. The maximum absolute atomic E-state index is 10.8. The molecule has 1 aromatic rings. The average Bonchev–Trinajstić information content (AvgIpc) is 2.35. The van der Waals surface area contributed by atoms with E-state index in [0.29, 0.717) is 11.6 Å². The molecule has 0 saturated carbocycles. The number of nitrogens with one attached hydrogen (secondary N) is 1. The monoisotopic (exact) mass is 269 g/mol. The first kappa shape index (κ1) is 13.7. The fourth-order valence-electron chi connectivity index (χ4n) is 2.76. The van der Waals surface area contributed by atoms with Gasteiger partial charge in [0.05, 0.1) is 7.11 Å². The van der Waals surface area contributed by atoms with Crippen LogP contribution in [0.5, 0.6) is 5.75 Å². The van der Waals surface area contributed by atoms with Crippen molar-refractivity contribution in [1.82, 2.24) is 5.32 Å². The molecule has 0 radical (unpaired) electrons. The minimum Gasteiger partial charge on any atom is -0.496 e. The van der Waals surface area contributed by atoms with Gasteiger partial charge < -0.3 is 15.2 Å². The van der Waals surface area contributed by atoms with Crippen molar-refractivity contribution in [3.05, 3.63) is 27.8 Å². The summed E-state index contributed by atoms with van der Waals surface area (Å²) in [5.74, 6) is 0.723. The molecular formula is C14H20ClNO2. The molecule has 1 aromatic carbocycles. The number of benzene rings is 1. The van der Waals surface area contributed by atoms with Crippen molar-refractivity contribution in [1.29, 1.82) is 0 Å². The van der Waals surface area contributed by atoms with Crippen LogP contribution in [-0.2, 0) is 5.60 Å². The van der Waals surface area contributed by atoms with E-state index in [9.17, 15) is 5.11 Å². The number of β-amino-alcohol motifs (C(OH)–C–C–N with tert-alkyl or cyclic N) is 1. The van der Waals surface area contributed by atoms with Gasteiger partial charge in [-0.1, -0.05) is 11.6 Å². The number of hydrogen-bond donors (Lipinski definition) is 2. The van der Waals surface area contributed by atoms with Crippen LogP contribution in [0.3, 0.4) is 0 Å². The highest BCUT2D eigenvalue weighted by Gasteiger charge is 2.36. The highest BCUT2D eigenvalue weighted by molar-refractivity contribution is 6.32. The van der Waals surface area contributed by atoms with Gasteiger partial charge in [-0.15, -0.1) is 0 Å². The van der Waals surface area contributed by atoms with Gasteiger partial charge >= 0.3 is 0 Å². The molecule has 2 rings (SSSR count). The molecule has 100 valence electrons. The fraction of sp³-hybridized carbons (Fsp3) is 0.571. The van der Waals surface area contributed by atoms with Gasteiger partial charge in [-0.05, 0) is 50.4 Å². The van der Waals surface area contributed by atoms with Crippen molar-refractivity contribution in [2.24, 2.45) is 0 Å². The zero-order valence-electron chi connectivity index (χ0n) is 11.1. The normalized spacial score (nSPS) is 24.1. The van der Waals surface area contributed by atoms with E-state index >= 15 is 0 Å². The minimum atomic E-state index is -0.884. The van der Waals surface area contributed by atoms with Crippen molar-refractivity contribution in [3.8, 4) is 5.75 Å². The summed E-state index contributed by atoms with van der Waals surface area (Å²) in [6, 6.07) is 1.90. The number of piperidine rings is 1. The molecule has 1 aliphatic heterocycles. The number of methoxy groups -OCH3 is 1. The molecule has 0 aliphatic carbocycles. The van der Waals surface area contributed by atoms with E-state index in [1.54, 1.807) is 7.11 Å². The Labute approximate surface area is 113 Å². The van der Waals surface area contributed by atoms with Crippen LogP contribution >= 0.6 is 11.6 Å². The molecule has 18 heavy (non-hydrogen) atoms. The average molecular weight is 270 g/mol. The molecule has 2 N–H and O–H groups in total. The lowest BCUT2D eigenvalue weighted by Gasteiger charge is -2.35. The number of aliphatic hydroxyl groups is 1. The number of hydrogen-bond acceptors (Lipinski definition) is 3. The van der Waals surface area contributed by atoms with Gasteiger partial charge in [0.2, 0.25) is 0 Å². The van der Waals surface area contributed by atoms with Crippen LogP contribution in [0.15, 0.2) is 6.07 Å². The third-order valence-electron chi connectivity index (χ3n) is 3.69. The summed E-state index contributed by atoms with van der Waals surface area (Å²) < 4.78 is 5.43. The molecule has 0 bridgehead atoms. The van der Waals surface area contributed by atoms with Gasteiger partial charge in [0.1, 0.15) is 11.4 Å². The van der Waals surface area contributed by atoms with Crippen LogP contribution in [0.25, 0.3) is 0 Å². The van der Waals surface area contributed by atoms with Crippen LogP contribution in [0.2, 0.25) is 5.02 Å². The lowest BCUT2D eigenvalue weighted by molar-refractivity contribution is 0.00966. The van der Waals surface area contributed by atoms with Gasteiger partial charge in [-0.2, -0.15) is 0 Å². The van der Waals surface area contributed by atoms with Crippen LogP contribution in [0, 0.1) is 13.8 Å². The number of rotatable bonds is 2. The van der Waals surface area contributed by atoms with Gasteiger partial charge in [0, 0.05) is 17.1 Å². The molecule has 1 atom stereocenters. The first-order valence-electron chi connectivity index (χ1n) is 6.27. The highest BCUT2D eigenvalue weighted by atomic mass is 35.5. The first-order chi connectivity index (χ1) is 8.49. The van der Waals surface area contributed by atoms with E-state index in [0.717, 1.165) is 41.8 Å². The Bertz CT molecular complexity index is 454. The predicted molar refractivity (Wildman–Crippen MR) is 73.5 cm³/mol. The maximum Gasteiger partial charge on any atom is 0.125 e. The Morgan fingerprint density at radius 1 is 1.44 bits per heavy atom. The standard InChI is InChI=1S/C14H20ClNO2/c1-9-7-11(18-3)12(10(2)13(9)15)14(17)5-4-6-16-8-14/h7,16-17H,4-6,8H2,1-3H3. The summed E-state index contributed by atoms with van der Waals surface area (Å²) in [7, 11) is 1.63. The van der Waals surface area contributed by atoms with E-state index in [1.165, 1.54) is 0 Å². The molecule has 0 aromatic heterocycles. The number of ether oxygens (including phenoxy) is 1. The Kier molecular flexibility index (Phi) is 3.85. The topological polar surface area (TPSA) is 41.5 Å². The van der Waals surface area contributed by atoms with Crippen LogP contribution in [0.4, 0.5) is 0 Å². The van der Waals surface area contributed by atoms with Gasteiger partial charge in [0.25, 0.3) is 0 Å². The van der Waals surface area contributed by atoms with Gasteiger partial charge in [-0.25, -0.2) is 0 Å². The van der Waals surface area contributed by atoms with E-state index in [4.69, 9.17) is 16.3 Å². The summed E-state index contributed by atoms with van der Waals surface area (Å²) in [5, 5.41) is 14.8. The minimum absolute atomic E-state index is 0.545. The van der Waals surface area contributed by atoms with E-state index in [-0.39, 0.29) is 0 Å². The lowest BCUT2D eigenvalue weighted by atomic mass is 9.83. The van der Waals surface area contributed by atoms with Crippen LogP contribution in [0.1, 0.15) is 29.5 Å². The van der Waals surface area contributed by atoms with Crippen LogP contribution in [-0.4, -0.2) is 25.3 Å². The second-order valence-corrected chi connectivity index (χ2v) is 5.40. The molecule has 1 saturated heterocycles. The zero-order valence-corrected chi connectivity index (χ0v) is 11.9. The van der Waals surface area contributed by atoms with Gasteiger partial charge in [-0.3, -0.25) is 0 Å². The largest absolute Gasteiger partial charge is 0.496 e. The Morgan fingerprint density at radius 3 is 2.72 bits per heavy atom. The third kappa shape index (κ3) is 2.22. The highest BCUT2D eigenvalue weighted by Crippen LogP contribution is 2.41. The molecule has 1 heterocycles. The predicted octanol–water partition coefficient (Wildman–Crippen LogP) is 2.54. The smallest absolute Gasteiger partial charge is 0.125 e. The second kappa shape index (κ2) is 5.08. The Balaban J connectivity index is 2.58.